The molecule has 0 aliphatic rings. The van der Waals surface area contributed by atoms with Crippen molar-refractivity contribution in [3.8, 4) is 0 Å². The van der Waals surface area contributed by atoms with Crippen molar-refractivity contribution >= 4 is 17.6 Å². The summed E-state index contributed by atoms with van der Waals surface area (Å²) in [6.07, 6.45) is -4.14. The Balaban J connectivity index is 3.01. The highest BCUT2D eigenvalue weighted by Gasteiger charge is 2.49. The molecule has 8 heteroatoms. The van der Waals surface area contributed by atoms with Crippen molar-refractivity contribution in [1.82, 2.24) is 0 Å². The minimum Gasteiger partial charge on any atom is -0.465 e. The Morgan fingerprint density at radius 1 is 1.26 bits per heavy atom. The SMILES string of the molecule is COC(=O)c1ccccc1NC(=O)C(F)(F)C(F)F. The molecule has 0 spiro atoms. The number of methoxy groups -OCH3 is 1. The molecule has 0 saturated carbocycles. The smallest absolute Gasteiger partial charge is 0.383 e. The number of hydrogen-bond donors (Lipinski definition) is 1. The molecule has 0 fully saturated rings. The number of anilines is 1. The zero-order valence-corrected chi connectivity index (χ0v) is 9.62. The van der Waals surface area contributed by atoms with Crippen LogP contribution < -0.4 is 5.32 Å². The molecule has 1 rings (SSSR count). The normalized spacial score (nSPS) is 11.3. The third-order valence-corrected chi connectivity index (χ3v) is 2.16. The van der Waals surface area contributed by atoms with Crippen LogP contribution >= 0.6 is 0 Å². The van der Waals surface area contributed by atoms with E-state index in [-0.39, 0.29) is 11.3 Å². The van der Waals surface area contributed by atoms with E-state index in [2.05, 4.69) is 4.74 Å². The molecule has 19 heavy (non-hydrogen) atoms. The molecule has 0 aromatic heterocycles. The van der Waals surface area contributed by atoms with Crippen molar-refractivity contribution in [2.75, 3.05) is 12.4 Å². The number of hydrogen-bond acceptors (Lipinski definition) is 3. The van der Waals surface area contributed by atoms with Crippen molar-refractivity contribution < 1.29 is 31.9 Å². The number of amides is 1. The van der Waals surface area contributed by atoms with Crippen LogP contribution in [0.4, 0.5) is 23.2 Å². The fraction of sp³-hybridized carbons (Fsp3) is 0.273. The summed E-state index contributed by atoms with van der Waals surface area (Å²) in [5, 5.41) is 1.58. The fourth-order valence-corrected chi connectivity index (χ4v) is 1.18. The Morgan fingerprint density at radius 2 is 1.84 bits per heavy atom. The summed E-state index contributed by atoms with van der Waals surface area (Å²) < 4.78 is 53.9. The number of benzene rings is 1. The van der Waals surface area contributed by atoms with Crippen LogP contribution in [0.5, 0.6) is 0 Å². The zero-order valence-electron chi connectivity index (χ0n) is 9.62. The Bertz CT molecular complexity index is 491. The van der Waals surface area contributed by atoms with Gasteiger partial charge in [0, 0.05) is 0 Å². The van der Waals surface area contributed by atoms with E-state index in [4.69, 9.17) is 0 Å². The highest BCUT2D eigenvalue weighted by atomic mass is 19.3. The van der Waals surface area contributed by atoms with Crippen molar-refractivity contribution in [2.24, 2.45) is 0 Å². The van der Waals surface area contributed by atoms with Gasteiger partial charge in [-0.2, -0.15) is 8.78 Å². The third-order valence-electron chi connectivity index (χ3n) is 2.16. The molecular formula is C11H9F4NO3. The molecule has 1 N–H and O–H groups in total. The summed E-state index contributed by atoms with van der Waals surface area (Å²) in [6, 6.07) is 5.05. The van der Waals surface area contributed by atoms with Crippen molar-refractivity contribution in [2.45, 2.75) is 12.3 Å². The second-order valence-corrected chi connectivity index (χ2v) is 3.41. The average molecular weight is 279 g/mol. The largest absolute Gasteiger partial charge is 0.465 e. The van der Waals surface area contributed by atoms with E-state index in [0.29, 0.717) is 0 Å². The van der Waals surface area contributed by atoms with Crippen molar-refractivity contribution in [3.05, 3.63) is 29.8 Å². The first-order valence-corrected chi connectivity index (χ1v) is 4.95. The topological polar surface area (TPSA) is 55.4 Å². The first-order valence-electron chi connectivity index (χ1n) is 4.95. The van der Waals surface area contributed by atoms with E-state index >= 15 is 0 Å². The molecule has 0 saturated heterocycles. The predicted molar refractivity (Wildman–Crippen MR) is 57.4 cm³/mol. The van der Waals surface area contributed by atoms with Gasteiger partial charge in [-0.15, -0.1) is 0 Å². The Morgan fingerprint density at radius 3 is 2.37 bits per heavy atom. The number of esters is 1. The lowest BCUT2D eigenvalue weighted by atomic mass is 10.1. The quantitative estimate of drug-likeness (QED) is 0.679. The molecule has 0 aliphatic heterocycles. The fourth-order valence-electron chi connectivity index (χ4n) is 1.18. The van der Waals surface area contributed by atoms with Gasteiger partial charge in [0.1, 0.15) is 0 Å². The maximum absolute atomic E-state index is 12.8. The summed E-state index contributed by atoms with van der Waals surface area (Å²) in [7, 11) is 1.05. The lowest BCUT2D eigenvalue weighted by Gasteiger charge is -2.16. The van der Waals surface area contributed by atoms with Crippen LogP contribution in [-0.4, -0.2) is 31.3 Å². The van der Waals surface area contributed by atoms with E-state index < -0.39 is 24.2 Å². The van der Waals surface area contributed by atoms with E-state index in [1.807, 2.05) is 0 Å². The molecule has 0 unspecified atom stereocenters. The second-order valence-electron chi connectivity index (χ2n) is 3.41. The number of para-hydroxylation sites is 1. The predicted octanol–water partition coefficient (Wildman–Crippen LogP) is 2.31. The number of halogens is 4. The monoisotopic (exact) mass is 279 g/mol. The molecule has 1 aromatic rings. The van der Waals surface area contributed by atoms with Gasteiger partial charge in [0.05, 0.1) is 18.4 Å². The van der Waals surface area contributed by atoms with Gasteiger partial charge in [-0.25, -0.2) is 13.6 Å². The highest BCUT2D eigenvalue weighted by Crippen LogP contribution is 2.26. The summed E-state index contributed by atoms with van der Waals surface area (Å²) in [6.45, 7) is 0. The maximum atomic E-state index is 12.8. The molecule has 0 atom stereocenters. The van der Waals surface area contributed by atoms with Crippen molar-refractivity contribution in [3.63, 3.8) is 0 Å². The molecule has 4 nitrogen and oxygen atoms in total. The molecular weight excluding hydrogens is 270 g/mol. The molecule has 104 valence electrons. The summed E-state index contributed by atoms with van der Waals surface area (Å²) in [5.41, 5.74) is -0.553. The van der Waals surface area contributed by atoms with Gasteiger partial charge in [-0.05, 0) is 12.1 Å². The highest BCUT2D eigenvalue weighted by molar-refractivity contribution is 6.03. The lowest BCUT2D eigenvalue weighted by Crippen LogP contribution is -2.41. The summed E-state index contributed by atoms with van der Waals surface area (Å²) in [5.74, 6) is -7.93. The molecule has 0 aliphatic carbocycles. The number of carbonyl (C=O) groups excluding carboxylic acids is 2. The zero-order chi connectivity index (χ0) is 14.6. The minimum absolute atomic E-state index is 0.219. The third kappa shape index (κ3) is 3.21. The van der Waals surface area contributed by atoms with Crippen molar-refractivity contribution in [1.29, 1.82) is 0 Å². The molecule has 0 radical (unpaired) electrons. The lowest BCUT2D eigenvalue weighted by molar-refractivity contribution is -0.163. The van der Waals surface area contributed by atoms with Crippen LogP contribution in [0.25, 0.3) is 0 Å². The van der Waals surface area contributed by atoms with Crippen LogP contribution in [0.2, 0.25) is 0 Å². The Labute approximate surface area is 105 Å². The van der Waals surface area contributed by atoms with Gasteiger partial charge in [0.2, 0.25) is 0 Å². The number of ether oxygens (including phenoxy) is 1. The van der Waals surface area contributed by atoms with Crippen LogP contribution in [0.15, 0.2) is 24.3 Å². The Kier molecular flexibility index (Phi) is 4.47. The average Bonchev–Trinajstić information content (AvgIpc) is 2.38. The van der Waals surface area contributed by atoms with E-state index in [9.17, 15) is 27.2 Å². The van der Waals surface area contributed by atoms with Gasteiger partial charge in [-0.1, -0.05) is 12.1 Å². The van der Waals surface area contributed by atoms with Crippen LogP contribution in [0.1, 0.15) is 10.4 Å². The van der Waals surface area contributed by atoms with Gasteiger partial charge in [0.25, 0.3) is 0 Å². The van der Waals surface area contributed by atoms with Crippen LogP contribution in [0.3, 0.4) is 0 Å². The van der Waals surface area contributed by atoms with Gasteiger partial charge in [-0.3, -0.25) is 4.79 Å². The Hall–Kier alpha value is -2.12. The molecule has 1 amide bonds. The number of rotatable bonds is 4. The number of nitrogens with one attached hydrogen (secondary N) is 1. The summed E-state index contributed by atoms with van der Waals surface area (Å²) in [4.78, 5) is 22.3. The van der Waals surface area contributed by atoms with Crippen LogP contribution in [0, 0.1) is 0 Å². The van der Waals surface area contributed by atoms with Gasteiger partial charge < -0.3 is 10.1 Å². The van der Waals surface area contributed by atoms with E-state index in [1.165, 1.54) is 18.2 Å². The van der Waals surface area contributed by atoms with Gasteiger partial charge in [0.15, 0.2) is 0 Å². The van der Waals surface area contributed by atoms with E-state index in [1.54, 1.807) is 5.32 Å². The number of carbonyl (C=O) groups is 2. The number of alkyl halides is 4. The standard InChI is InChI=1S/C11H9F4NO3/c1-19-8(17)6-4-2-3-5-7(6)16-10(18)11(14,15)9(12)13/h2-5,9H,1H3,(H,16,18). The minimum atomic E-state index is -4.84. The first kappa shape index (κ1) is 14.9. The summed E-state index contributed by atoms with van der Waals surface area (Å²) >= 11 is 0. The van der Waals surface area contributed by atoms with Crippen LogP contribution in [-0.2, 0) is 9.53 Å². The second kappa shape index (κ2) is 5.68. The molecule has 1 aromatic carbocycles. The molecule has 0 bridgehead atoms. The first-order chi connectivity index (χ1) is 8.80. The van der Waals surface area contributed by atoms with Gasteiger partial charge >= 0.3 is 24.2 Å². The maximum Gasteiger partial charge on any atom is 0.383 e. The van der Waals surface area contributed by atoms with E-state index in [0.717, 1.165) is 13.2 Å². The molecule has 0 heterocycles.